The van der Waals surface area contributed by atoms with E-state index in [1.807, 2.05) is 18.2 Å². The minimum Gasteiger partial charge on any atom is -0.515 e. The molecule has 5 N–H and O–H groups in total. The van der Waals surface area contributed by atoms with E-state index in [4.69, 9.17) is 20.3 Å². The number of allylic oxidation sites excluding steroid dienone is 5. The summed E-state index contributed by atoms with van der Waals surface area (Å²) < 4.78 is 10.6. The van der Waals surface area contributed by atoms with Crippen molar-refractivity contribution in [1.82, 2.24) is 5.32 Å². The number of hydrogen-bond donors (Lipinski definition) is 5. The van der Waals surface area contributed by atoms with Gasteiger partial charge < -0.3 is 30.6 Å². The Morgan fingerprint density at radius 3 is 2.39 bits per heavy atom. The molecule has 1 aliphatic rings. The van der Waals surface area contributed by atoms with Crippen LogP contribution < -0.4 is 20.1 Å². The first-order valence-electron chi connectivity index (χ1n) is 9.70. The Hall–Kier alpha value is -3.81. The Kier molecular flexibility index (Phi) is 8.63. The third-order valence-electron chi connectivity index (χ3n) is 4.75. The molecule has 0 saturated heterocycles. The van der Waals surface area contributed by atoms with Crippen molar-refractivity contribution in [3.8, 4) is 11.5 Å². The van der Waals surface area contributed by atoms with Gasteiger partial charge >= 0.3 is 0 Å². The molecule has 8 heteroatoms. The second-order valence-electron chi connectivity index (χ2n) is 6.70. The third kappa shape index (κ3) is 5.85. The van der Waals surface area contributed by atoms with Crippen molar-refractivity contribution < 1.29 is 19.4 Å². The highest BCUT2D eigenvalue weighted by molar-refractivity contribution is 6.49. The molecule has 0 spiro atoms. The smallest absolute Gasteiger partial charge is 0.207 e. The van der Waals surface area contributed by atoms with Gasteiger partial charge in [-0.05, 0) is 18.4 Å². The molecule has 31 heavy (non-hydrogen) atoms. The van der Waals surface area contributed by atoms with Crippen molar-refractivity contribution >= 4 is 23.4 Å². The van der Waals surface area contributed by atoms with Gasteiger partial charge in [0, 0.05) is 54.5 Å². The van der Waals surface area contributed by atoms with Gasteiger partial charge in [-0.1, -0.05) is 18.2 Å². The van der Waals surface area contributed by atoms with E-state index in [-0.39, 0.29) is 11.1 Å². The summed E-state index contributed by atoms with van der Waals surface area (Å²) in [6.45, 7) is 0. The molecule has 0 aromatic heterocycles. The van der Waals surface area contributed by atoms with E-state index in [0.29, 0.717) is 29.9 Å². The van der Waals surface area contributed by atoms with Crippen molar-refractivity contribution in [2.75, 3.05) is 26.6 Å². The fourth-order valence-electron chi connectivity index (χ4n) is 3.16. The Bertz CT molecular complexity index is 938. The maximum absolute atomic E-state index is 13.4. The number of aliphatic hydroxyl groups excluding tert-OH is 1. The molecule has 2 rings (SSSR count). The number of methoxy groups -OCH3 is 2. The topological polar surface area (TPSA) is 128 Å². The van der Waals surface area contributed by atoms with Gasteiger partial charge in [0.1, 0.15) is 23.3 Å². The third-order valence-corrected chi connectivity index (χ3v) is 4.75. The molecule has 0 heterocycles. The molecule has 0 fully saturated rings. The van der Waals surface area contributed by atoms with Gasteiger partial charge in [-0.25, -0.2) is 0 Å². The lowest BCUT2D eigenvalue weighted by Gasteiger charge is -2.24. The molecule has 1 unspecified atom stereocenters. The van der Waals surface area contributed by atoms with Gasteiger partial charge in [0.25, 0.3) is 0 Å². The standard InChI is InChI=1S/C23H28N4O4/c1-26-13-16(12-24)20(14-28)21(25)23(29)22(15-7-5-4-6-8-15)27-17-9-18(30-2)11-19(10-17)31-3/h4-5,7,9-14,22,24-28H,6,8H2,1-3H3/b16-13+,20-14-,24-12?,25-21?. The zero-order valence-corrected chi connectivity index (χ0v) is 17.9. The quantitative estimate of drug-likeness (QED) is 0.210. The van der Waals surface area contributed by atoms with Crippen LogP contribution in [-0.2, 0) is 4.79 Å². The molecule has 1 aliphatic carbocycles. The Labute approximate surface area is 182 Å². The Balaban J connectivity index is 2.45. The maximum atomic E-state index is 13.4. The van der Waals surface area contributed by atoms with Crippen LogP contribution in [0.2, 0.25) is 0 Å². The largest absolute Gasteiger partial charge is 0.515 e. The lowest BCUT2D eigenvalue weighted by molar-refractivity contribution is -0.113. The second-order valence-corrected chi connectivity index (χ2v) is 6.70. The Morgan fingerprint density at radius 2 is 1.90 bits per heavy atom. The summed E-state index contributed by atoms with van der Waals surface area (Å²) in [4.78, 5) is 13.4. The molecule has 1 atom stereocenters. The van der Waals surface area contributed by atoms with Gasteiger partial charge in [-0.3, -0.25) is 10.2 Å². The molecule has 0 aliphatic heterocycles. The molecule has 0 bridgehead atoms. The van der Waals surface area contributed by atoms with E-state index in [1.54, 1.807) is 25.2 Å². The van der Waals surface area contributed by atoms with Gasteiger partial charge in [-0.2, -0.15) is 0 Å². The summed E-state index contributed by atoms with van der Waals surface area (Å²) in [5, 5.41) is 31.6. The zero-order chi connectivity index (χ0) is 22.8. The summed E-state index contributed by atoms with van der Waals surface area (Å²) in [5.41, 5.74) is 1.16. The number of anilines is 1. The SMILES string of the molecule is CN/C=C(C=N)/C(=C/O)C(=N)C(=O)C(Nc1cc(OC)cc(OC)c1)C1=CC=CCC1. The summed E-state index contributed by atoms with van der Waals surface area (Å²) in [7, 11) is 4.71. The molecule has 0 radical (unpaired) electrons. The Morgan fingerprint density at radius 1 is 1.23 bits per heavy atom. The molecule has 1 aromatic rings. The lowest BCUT2D eigenvalue weighted by atomic mass is 9.89. The summed E-state index contributed by atoms with van der Waals surface area (Å²) in [6.07, 6.45) is 10.3. The number of nitrogens with one attached hydrogen (secondary N) is 4. The van der Waals surface area contributed by atoms with E-state index in [0.717, 1.165) is 18.2 Å². The number of benzene rings is 1. The highest BCUT2D eigenvalue weighted by Gasteiger charge is 2.29. The van der Waals surface area contributed by atoms with Crippen molar-refractivity contribution in [3.63, 3.8) is 0 Å². The van der Waals surface area contributed by atoms with E-state index in [9.17, 15) is 9.90 Å². The van der Waals surface area contributed by atoms with Crippen LogP contribution in [0.4, 0.5) is 5.69 Å². The number of carbonyl (C=O) groups excluding carboxylic acids is 1. The lowest BCUT2D eigenvalue weighted by Crippen LogP contribution is -2.38. The molecule has 1 aromatic carbocycles. The van der Waals surface area contributed by atoms with Crippen molar-refractivity contribution in [1.29, 1.82) is 10.8 Å². The summed E-state index contributed by atoms with van der Waals surface area (Å²) in [6, 6.07) is 4.35. The van der Waals surface area contributed by atoms with E-state index in [1.165, 1.54) is 20.4 Å². The first-order valence-corrected chi connectivity index (χ1v) is 9.70. The van der Waals surface area contributed by atoms with Crippen molar-refractivity contribution in [2.45, 2.75) is 18.9 Å². The van der Waals surface area contributed by atoms with Crippen molar-refractivity contribution in [2.24, 2.45) is 0 Å². The van der Waals surface area contributed by atoms with Crippen LogP contribution in [0.15, 0.2) is 65.6 Å². The van der Waals surface area contributed by atoms with Crippen LogP contribution in [0.25, 0.3) is 0 Å². The highest BCUT2D eigenvalue weighted by Crippen LogP contribution is 2.29. The molecule has 0 amide bonds. The number of hydrogen-bond acceptors (Lipinski definition) is 8. The van der Waals surface area contributed by atoms with Crippen LogP contribution in [0.3, 0.4) is 0 Å². The number of carbonyl (C=O) groups is 1. The van der Waals surface area contributed by atoms with Gasteiger partial charge in [0.05, 0.1) is 20.5 Å². The first kappa shape index (κ1) is 23.5. The normalized spacial score (nSPS) is 14.9. The van der Waals surface area contributed by atoms with E-state index >= 15 is 0 Å². The number of rotatable bonds is 11. The zero-order valence-electron chi connectivity index (χ0n) is 17.9. The van der Waals surface area contributed by atoms with Crippen LogP contribution in [-0.4, -0.2) is 50.1 Å². The molecule has 8 nitrogen and oxygen atoms in total. The summed E-state index contributed by atoms with van der Waals surface area (Å²) in [5.74, 6) is 0.576. The highest BCUT2D eigenvalue weighted by atomic mass is 16.5. The van der Waals surface area contributed by atoms with Crippen molar-refractivity contribution in [3.05, 3.63) is 65.6 Å². The molecular weight excluding hydrogens is 396 g/mol. The van der Waals surface area contributed by atoms with Gasteiger partial charge in [0.2, 0.25) is 5.78 Å². The minimum atomic E-state index is -0.842. The fourth-order valence-corrected chi connectivity index (χ4v) is 3.16. The van der Waals surface area contributed by atoms with Crippen LogP contribution >= 0.6 is 0 Å². The maximum Gasteiger partial charge on any atom is 0.207 e. The van der Waals surface area contributed by atoms with Crippen LogP contribution in [0, 0.1) is 10.8 Å². The average molecular weight is 425 g/mol. The van der Waals surface area contributed by atoms with Crippen LogP contribution in [0.5, 0.6) is 11.5 Å². The number of Topliss-reactive ketones (excluding diaryl/α,β-unsaturated/α-hetero) is 1. The monoisotopic (exact) mass is 424 g/mol. The van der Waals surface area contributed by atoms with Gasteiger partial charge in [-0.15, -0.1) is 0 Å². The molecule has 164 valence electrons. The fraction of sp³-hybridized carbons (Fsp3) is 0.261. The second kappa shape index (κ2) is 11.4. The van der Waals surface area contributed by atoms with Gasteiger partial charge in [0.15, 0.2) is 0 Å². The first-order chi connectivity index (χ1) is 15.0. The van der Waals surface area contributed by atoms with E-state index < -0.39 is 17.5 Å². The number of aliphatic hydroxyl groups is 1. The number of ether oxygens (including phenoxy) is 2. The number of ketones is 1. The van der Waals surface area contributed by atoms with Crippen LogP contribution in [0.1, 0.15) is 12.8 Å². The predicted molar refractivity (Wildman–Crippen MR) is 123 cm³/mol. The summed E-state index contributed by atoms with van der Waals surface area (Å²) >= 11 is 0. The molecule has 0 saturated carbocycles. The average Bonchev–Trinajstić information content (AvgIpc) is 2.81. The van der Waals surface area contributed by atoms with E-state index in [2.05, 4.69) is 10.6 Å². The predicted octanol–water partition coefficient (Wildman–Crippen LogP) is 3.54. The molecular formula is C23H28N4O4. The minimum absolute atomic E-state index is 0.0451.